The third-order valence-electron chi connectivity index (χ3n) is 5.25. The van der Waals surface area contributed by atoms with Crippen LogP contribution in [0.2, 0.25) is 0 Å². The van der Waals surface area contributed by atoms with Crippen LogP contribution in [0, 0.1) is 0 Å². The summed E-state index contributed by atoms with van der Waals surface area (Å²) in [5.41, 5.74) is 6.98. The molecule has 4 rings (SSSR count). The first-order valence-corrected chi connectivity index (χ1v) is 10.3. The minimum Gasteiger partial charge on any atom is -0.383 e. The number of hydrogen-bond donors (Lipinski definition) is 2. The summed E-state index contributed by atoms with van der Waals surface area (Å²) in [6, 6.07) is 11.2. The summed E-state index contributed by atoms with van der Waals surface area (Å²) in [5, 5.41) is 0. The molecule has 0 unspecified atom stereocenters. The lowest BCUT2D eigenvalue weighted by Crippen LogP contribution is -2.39. The lowest BCUT2D eigenvalue weighted by atomic mass is 9.99. The van der Waals surface area contributed by atoms with E-state index in [9.17, 15) is 14.4 Å². The Labute approximate surface area is 171 Å². The molecule has 1 aliphatic carbocycles. The van der Waals surface area contributed by atoms with E-state index >= 15 is 0 Å². The molecule has 0 saturated heterocycles. The summed E-state index contributed by atoms with van der Waals surface area (Å²) in [4.78, 5) is 43.2. The molecule has 3 N–H and O–H groups in total. The van der Waals surface area contributed by atoms with Crippen LogP contribution in [0.3, 0.4) is 0 Å². The molecule has 7 nitrogen and oxygen atoms in total. The molecule has 0 bridgehead atoms. The highest BCUT2D eigenvalue weighted by molar-refractivity contribution is 7.14. The molecule has 1 amide bonds. The van der Waals surface area contributed by atoms with E-state index in [2.05, 4.69) is 4.98 Å². The topological polar surface area (TPSA) is 101 Å². The van der Waals surface area contributed by atoms with Crippen molar-refractivity contribution < 1.29 is 4.79 Å². The molecule has 8 heteroatoms. The Morgan fingerprint density at radius 1 is 1.21 bits per heavy atom. The number of thiophene rings is 1. The number of carbonyl (C=O) groups excluding carboxylic acids is 1. The molecule has 1 aromatic carbocycles. The molecule has 2 aromatic heterocycles. The smallest absolute Gasteiger partial charge is 0.330 e. The zero-order chi connectivity index (χ0) is 20.5. The maximum atomic E-state index is 13.1. The lowest BCUT2D eigenvalue weighted by Gasteiger charge is -2.20. The van der Waals surface area contributed by atoms with Crippen LogP contribution in [-0.2, 0) is 19.4 Å². The van der Waals surface area contributed by atoms with Gasteiger partial charge < -0.3 is 10.6 Å². The number of H-pyrrole nitrogens is 1. The Morgan fingerprint density at radius 3 is 2.66 bits per heavy atom. The Balaban J connectivity index is 1.71. The number of hydrogen-bond acceptors (Lipinski definition) is 5. The monoisotopic (exact) mass is 410 g/mol. The number of rotatable bonds is 4. The summed E-state index contributed by atoms with van der Waals surface area (Å²) in [7, 11) is 1.51. The first kappa shape index (κ1) is 19.2. The van der Waals surface area contributed by atoms with Crippen LogP contribution >= 0.6 is 11.3 Å². The van der Waals surface area contributed by atoms with Gasteiger partial charge in [0.25, 0.3) is 11.5 Å². The number of carbonyl (C=O) groups is 1. The number of benzene rings is 1. The predicted molar refractivity (Wildman–Crippen MR) is 115 cm³/mol. The van der Waals surface area contributed by atoms with Crippen LogP contribution in [0.25, 0.3) is 0 Å². The van der Waals surface area contributed by atoms with Crippen LogP contribution in [0.4, 0.5) is 11.5 Å². The molecule has 0 saturated carbocycles. The second-order valence-corrected chi connectivity index (χ2v) is 8.33. The number of nitrogens with one attached hydrogen (secondary N) is 1. The fraction of sp³-hybridized carbons (Fsp3) is 0.286. The number of nitrogens with zero attached hydrogens (tertiary/aromatic N) is 2. The van der Waals surface area contributed by atoms with Crippen molar-refractivity contribution in [2.45, 2.75) is 32.2 Å². The number of nitrogens with two attached hydrogens (primary N) is 1. The van der Waals surface area contributed by atoms with Crippen LogP contribution < -0.4 is 21.9 Å². The largest absolute Gasteiger partial charge is 0.383 e. The van der Waals surface area contributed by atoms with Crippen LogP contribution in [-0.4, -0.2) is 22.5 Å². The highest BCUT2D eigenvalue weighted by Gasteiger charge is 2.25. The maximum Gasteiger partial charge on any atom is 0.330 e. The van der Waals surface area contributed by atoms with Crippen molar-refractivity contribution >= 4 is 28.7 Å². The molecular formula is C21H22N4O3S. The number of aryl methyl sites for hydroxylation is 2. The molecule has 0 fully saturated rings. The molecule has 3 aromatic rings. The lowest BCUT2D eigenvalue weighted by molar-refractivity contribution is 0.0996. The van der Waals surface area contributed by atoms with E-state index in [1.807, 2.05) is 36.4 Å². The third kappa shape index (κ3) is 3.63. The predicted octanol–water partition coefficient (Wildman–Crippen LogP) is 2.38. The van der Waals surface area contributed by atoms with Gasteiger partial charge in [-0.05, 0) is 42.9 Å². The van der Waals surface area contributed by atoms with Crippen molar-refractivity contribution in [1.29, 1.82) is 0 Å². The summed E-state index contributed by atoms with van der Waals surface area (Å²) in [5.74, 6) is -0.328. The Morgan fingerprint density at radius 2 is 1.93 bits per heavy atom. The van der Waals surface area contributed by atoms with Crippen molar-refractivity contribution in [3.63, 3.8) is 0 Å². The van der Waals surface area contributed by atoms with Crippen molar-refractivity contribution in [3.8, 4) is 0 Å². The van der Waals surface area contributed by atoms with Gasteiger partial charge in [-0.25, -0.2) is 4.79 Å². The molecule has 2 heterocycles. The number of aromatic nitrogens is 2. The Kier molecular flexibility index (Phi) is 5.10. The van der Waals surface area contributed by atoms with Crippen molar-refractivity contribution in [1.82, 2.24) is 9.55 Å². The number of fused-ring (bicyclic) bond motifs is 1. The van der Waals surface area contributed by atoms with E-state index in [0.717, 1.165) is 31.2 Å². The first-order valence-electron chi connectivity index (χ1n) is 9.52. The Bertz CT molecular complexity index is 1150. The Hall–Kier alpha value is -3.13. The summed E-state index contributed by atoms with van der Waals surface area (Å²) in [6.07, 6.45) is 4.23. The molecule has 0 spiro atoms. The fourth-order valence-electron chi connectivity index (χ4n) is 3.69. The first-order chi connectivity index (χ1) is 14.0. The zero-order valence-corrected chi connectivity index (χ0v) is 16.9. The molecule has 1 aliphatic rings. The van der Waals surface area contributed by atoms with Gasteiger partial charge in [0.2, 0.25) is 0 Å². The second kappa shape index (κ2) is 7.71. The normalized spacial score (nSPS) is 13.1. The van der Waals surface area contributed by atoms with Gasteiger partial charge in [0, 0.05) is 11.9 Å². The van der Waals surface area contributed by atoms with Gasteiger partial charge in [-0.15, -0.1) is 11.3 Å². The molecule has 0 aliphatic heterocycles. The number of nitrogen functional groups attached to an aromatic ring is 1. The van der Waals surface area contributed by atoms with E-state index in [1.54, 1.807) is 0 Å². The summed E-state index contributed by atoms with van der Waals surface area (Å²) < 4.78 is 1.27. The minimum absolute atomic E-state index is 0.0168. The SMILES string of the molecule is CN(C(=O)c1cc2c(s1)CCCC2)c1c(N)n(Cc2ccccc2)c(=O)[nH]c1=O. The zero-order valence-electron chi connectivity index (χ0n) is 16.1. The molecule has 29 heavy (non-hydrogen) atoms. The molecule has 0 radical (unpaired) electrons. The standard InChI is InChI=1S/C21H22N4O3S/c1-24(20(27)16-11-14-9-5-6-10-15(14)29-16)17-18(22)25(21(28)23-19(17)26)12-13-7-3-2-4-8-13/h2-4,7-8,11H,5-6,9-10,12,22H2,1H3,(H,23,26,28). The quantitative estimate of drug-likeness (QED) is 0.689. The van der Waals surface area contributed by atoms with E-state index in [1.165, 1.54) is 38.3 Å². The molecule has 150 valence electrons. The van der Waals surface area contributed by atoms with Crippen molar-refractivity contribution in [2.75, 3.05) is 17.7 Å². The molecular weight excluding hydrogens is 388 g/mol. The maximum absolute atomic E-state index is 13.1. The molecule has 0 atom stereocenters. The van der Waals surface area contributed by atoms with Crippen LogP contribution in [0.1, 0.15) is 38.5 Å². The van der Waals surface area contributed by atoms with E-state index in [4.69, 9.17) is 5.73 Å². The van der Waals surface area contributed by atoms with Crippen LogP contribution in [0.5, 0.6) is 0 Å². The van der Waals surface area contributed by atoms with Gasteiger partial charge in [0.1, 0.15) is 5.82 Å². The number of amides is 1. The average molecular weight is 410 g/mol. The highest BCUT2D eigenvalue weighted by atomic mass is 32.1. The summed E-state index contributed by atoms with van der Waals surface area (Å²) in [6.45, 7) is 0.199. The summed E-state index contributed by atoms with van der Waals surface area (Å²) >= 11 is 1.48. The van der Waals surface area contributed by atoms with Gasteiger partial charge in [-0.3, -0.25) is 19.1 Å². The van der Waals surface area contributed by atoms with E-state index < -0.39 is 11.2 Å². The minimum atomic E-state index is -0.672. The fourth-order valence-corrected chi connectivity index (χ4v) is 4.92. The van der Waals surface area contributed by atoms with Crippen LogP contribution in [0.15, 0.2) is 46.0 Å². The van der Waals surface area contributed by atoms with Crippen molar-refractivity contribution in [2.24, 2.45) is 0 Å². The second-order valence-electron chi connectivity index (χ2n) is 7.20. The number of aromatic amines is 1. The van der Waals surface area contributed by atoms with E-state index in [0.29, 0.717) is 4.88 Å². The van der Waals surface area contributed by atoms with Gasteiger partial charge >= 0.3 is 5.69 Å². The average Bonchev–Trinajstić information content (AvgIpc) is 3.15. The number of anilines is 2. The van der Waals surface area contributed by atoms with E-state index in [-0.39, 0.29) is 24.0 Å². The van der Waals surface area contributed by atoms with Gasteiger partial charge in [0.15, 0.2) is 5.69 Å². The third-order valence-corrected chi connectivity index (χ3v) is 6.47. The highest BCUT2D eigenvalue weighted by Crippen LogP contribution is 2.31. The van der Waals surface area contributed by atoms with Gasteiger partial charge in [-0.2, -0.15) is 0 Å². The van der Waals surface area contributed by atoms with Crippen molar-refractivity contribution in [3.05, 3.63) is 78.1 Å². The van der Waals surface area contributed by atoms with Gasteiger partial charge in [-0.1, -0.05) is 30.3 Å². The van der Waals surface area contributed by atoms with Gasteiger partial charge in [0.05, 0.1) is 11.4 Å².